The number of rotatable bonds is 2. The molecule has 82 valence electrons. The lowest BCUT2D eigenvalue weighted by Crippen LogP contribution is -2.21. The fourth-order valence-corrected chi connectivity index (χ4v) is 2.39. The van der Waals surface area contributed by atoms with E-state index < -0.39 is 5.97 Å². The van der Waals surface area contributed by atoms with Crippen LogP contribution in [0.5, 0.6) is 0 Å². The van der Waals surface area contributed by atoms with Gasteiger partial charge in [-0.15, -0.1) is 0 Å². The van der Waals surface area contributed by atoms with Crippen molar-refractivity contribution in [2.75, 3.05) is 0 Å². The minimum atomic E-state index is -0.734. The zero-order chi connectivity index (χ0) is 11.0. The molecule has 2 atom stereocenters. The second-order valence-corrected chi connectivity index (χ2v) is 4.37. The largest absolute Gasteiger partial charge is 0.481 e. The quantitative estimate of drug-likeness (QED) is 0.813. The van der Waals surface area contributed by atoms with Crippen LogP contribution in [0.4, 0.5) is 0 Å². The number of furan rings is 1. The Hall–Kier alpha value is -1.25. The van der Waals surface area contributed by atoms with Crippen LogP contribution in [-0.4, -0.2) is 11.1 Å². The maximum absolute atomic E-state index is 11.0. The molecule has 0 aliphatic heterocycles. The normalized spacial score (nSPS) is 22.1. The van der Waals surface area contributed by atoms with Crippen LogP contribution in [0.3, 0.4) is 0 Å². The molecule has 1 heterocycles. The first-order chi connectivity index (χ1) is 7.09. The fourth-order valence-electron chi connectivity index (χ4n) is 2.39. The molecule has 0 saturated carbocycles. The Balaban J connectivity index is 2.33. The SMILES string of the molecule is Cc1cc2c(o1)C(C(C)C(=O)O)CCC2. The maximum atomic E-state index is 11.0. The third-order valence-electron chi connectivity index (χ3n) is 3.26. The van der Waals surface area contributed by atoms with E-state index in [1.165, 1.54) is 5.56 Å². The van der Waals surface area contributed by atoms with Crippen LogP contribution in [-0.2, 0) is 11.2 Å². The molecule has 3 heteroatoms. The molecule has 3 nitrogen and oxygen atoms in total. The molecule has 0 saturated heterocycles. The highest BCUT2D eigenvalue weighted by atomic mass is 16.4. The average Bonchev–Trinajstić information content (AvgIpc) is 2.56. The first-order valence-corrected chi connectivity index (χ1v) is 5.41. The Morgan fingerprint density at radius 2 is 2.40 bits per heavy atom. The van der Waals surface area contributed by atoms with Gasteiger partial charge in [-0.3, -0.25) is 4.79 Å². The number of aliphatic carboxylic acids is 1. The topological polar surface area (TPSA) is 50.4 Å². The lowest BCUT2D eigenvalue weighted by molar-refractivity contribution is -0.142. The van der Waals surface area contributed by atoms with E-state index in [1.54, 1.807) is 6.92 Å². The van der Waals surface area contributed by atoms with Gasteiger partial charge in [-0.1, -0.05) is 6.92 Å². The van der Waals surface area contributed by atoms with Crippen LogP contribution in [0.2, 0.25) is 0 Å². The first-order valence-electron chi connectivity index (χ1n) is 5.41. The smallest absolute Gasteiger partial charge is 0.306 e. The summed E-state index contributed by atoms with van der Waals surface area (Å²) in [7, 11) is 0. The van der Waals surface area contributed by atoms with Crippen molar-refractivity contribution in [3.05, 3.63) is 23.2 Å². The van der Waals surface area contributed by atoms with Gasteiger partial charge >= 0.3 is 5.97 Å². The van der Waals surface area contributed by atoms with E-state index in [0.717, 1.165) is 30.8 Å². The van der Waals surface area contributed by atoms with Crippen LogP contribution in [0.1, 0.15) is 42.8 Å². The van der Waals surface area contributed by atoms with Gasteiger partial charge in [-0.25, -0.2) is 0 Å². The molecule has 0 aromatic carbocycles. The molecule has 1 aliphatic carbocycles. The van der Waals surface area contributed by atoms with E-state index in [4.69, 9.17) is 9.52 Å². The zero-order valence-electron chi connectivity index (χ0n) is 9.12. The summed E-state index contributed by atoms with van der Waals surface area (Å²) in [4.78, 5) is 11.0. The Kier molecular flexibility index (Phi) is 2.55. The van der Waals surface area contributed by atoms with Crippen LogP contribution < -0.4 is 0 Å². The van der Waals surface area contributed by atoms with Crippen molar-refractivity contribution < 1.29 is 14.3 Å². The molecular formula is C12H16O3. The number of carbonyl (C=O) groups is 1. The van der Waals surface area contributed by atoms with Crippen LogP contribution in [0.25, 0.3) is 0 Å². The number of carboxylic acids is 1. The summed E-state index contributed by atoms with van der Waals surface area (Å²) in [5.74, 6) is 0.773. The number of fused-ring (bicyclic) bond motifs is 1. The molecule has 1 aromatic heterocycles. The second kappa shape index (κ2) is 3.72. The average molecular weight is 208 g/mol. The van der Waals surface area contributed by atoms with Crippen molar-refractivity contribution in [2.45, 2.75) is 39.0 Å². The lowest BCUT2D eigenvalue weighted by Gasteiger charge is -2.23. The van der Waals surface area contributed by atoms with Crippen molar-refractivity contribution in [1.29, 1.82) is 0 Å². The molecule has 0 fully saturated rings. The van der Waals surface area contributed by atoms with E-state index in [0.29, 0.717) is 0 Å². The van der Waals surface area contributed by atoms with Gasteiger partial charge in [0, 0.05) is 5.92 Å². The van der Waals surface area contributed by atoms with Crippen molar-refractivity contribution in [2.24, 2.45) is 5.92 Å². The molecule has 0 amide bonds. The van der Waals surface area contributed by atoms with Crippen LogP contribution >= 0.6 is 0 Å². The third kappa shape index (κ3) is 1.78. The number of aryl methyl sites for hydroxylation is 2. The predicted octanol–water partition coefficient (Wildman–Crippen LogP) is 2.73. The van der Waals surface area contributed by atoms with Gasteiger partial charge in [0.25, 0.3) is 0 Å². The molecule has 1 N–H and O–H groups in total. The van der Waals surface area contributed by atoms with Crippen LogP contribution in [0, 0.1) is 12.8 Å². The Morgan fingerprint density at radius 1 is 1.67 bits per heavy atom. The van der Waals surface area contributed by atoms with Gasteiger partial charge in [0.2, 0.25) is 0 Å². The second-order valence-electron chi connectivity index (χ2n) is 4.37. The predicted molar refractivity (Wildman–Crippen MR) is 55.9 cm³/mol. The summed E-state index contributed by atoms with van der Waals surface area (Å²) in [5.41, 5.74) is 1.21. The fraction of sp³-hybridized carbons (Fsp3) is 0.583. The molecule has 15 heavy (non-hydrogen) atoms. The van der Waals surface area contributed by atoms with Gasteiger partial charge in [-0.05, 0) is 37.8 Å². The summed E-state index contributed by atoms with van der Waals surface area (Å²) in [6, 6.07) is 2.04. The van der Waals surface area contributed by atoms with Crippen molar-refractivity contribution in [3.8, 4) is 0 Å². The molecule has 0 bridgehead atoms. The number of carboxylic acid groups (broad SMARTS) is 1. The lowest BCUT2D eigenvalue weighted by atomic mass is 9.81. The molecule has 1 aromatic rings. The molecule has 0 radical (unpaired) electrons. The molecule has 1 aliphatic rings. The summed E-state index contributed by atoms with van der Waals surface area (Å²) in [6.45, 7) is 3.68. The van der Waals surface area contributed by atoms with Gasteiger partial charge < -0.3 is 9.52 Å². The highest BCUT2D eigenvalue weighted by Gasteiger charge is 2.32. The van der Waals surface area contributed by atoms with Gasteiger partial charge in [0.05, 0.1) is 5.92 Å². The highest BCUT2D eigenvalue weighted by Crippen LogP contribution is 2.38. The van der Waals surface area contributed by atoms with E-state index >= 15 is 0 Å². The molecular weight excluding hydrogens is 192 g/mol. The van der Waals surface area contributed by atoms with Crippen LogP contribution in [0.15, 0.2) is 10.5 Å². The summed E-state index contributed by atoms with van der Waals surface area (Å²) < 4.78 is 5.63. The summed E-state index contributed by atoms with van der Waals surface area (Å²) in [6.07, 6.45) is 3.01. The van der Waals surface area contributed by atoms with E-state index in [2.05, 4.69) is 0 Å². The van der Waals surface area contributed by atoms with E-state index in [9.17, 15) is 4.79 Å². The zero-order valence-corrected chi connectivity index (χ0v) is 9.12. The van der Waals surface area contributed by atoms with Gasteiger partial charge in [0.1, 0.15) is 11.5 Å². The Bertz CT molecular complexity index is 378. The number of hydrogen-bond donors (Lipinski definition) is 1. The summed E-state index contributed by atoms with van der Waals surface area (Å²) >= 11 is 0. The molecule has 0 spiro atoms. The van der Waals surface area contributed by atoms with E-state index in [1.807, 2.05) is 13.0 Å². The third-order valence-corrected chi connectivity index (χ3v) is 3.26. The molecule has 2 unspecified atom stereocenters. The van der Waals surface area contributed by atoms with Gasteiger partial charge in [-0.2, -0.15) is 0 Å². The van der Waals surface area contributed by atoms with Gasteiger partial charge in [0.15, 0.2) is 0 Å². The maximum Gasteiger partial charge on any atom is 0.306 e. The Morgan fingerprint density at radius 3 is 3.07 bits per heavy atom. The van der Waals surface area contributed by atoms with E-state index in [-0.39, 0.29) is 11.8 Å². The molecule has 2 rings (SSSR count). The van der Waals surface area contributed by atoms with Crippen molar-refractivity contribution in [3.63, 3.8) is 0 Å². The monoisotopic (exact) mass is 208 g/mol. The van der Waals surface area contributed by atoms with Crippen molar-refractivity contribution >= 4 is 5.97 Å². The highest BCUT2D eigenvalue weighted by molar-refractivity contribution is 5.71. The standard InChI is InChI=1S/C12H16O3/c1-7-6-9-4-3-5-10(11(9)15-7)8(2)12(13)14/h6,8,10H,3-5H2,1-2H3,(H,13,14). The Labute approximate surface area is 89.1 Å². The first kappa shape index (κ1) is 10.3. The minimum Gasteiger partial charge on any atom is -0.481 e. The minimum absolute atomic E-state index is 0.0555. The van der Waals surface area contributed by atoms with Crippen molar-refractivity contribution in [1.82, 2.24) is 0 Å². The number of hydrogen-bond acceptors (Lipinski definition) is 2. The summed E-state index contributed by atoms with van der Waals surface area (Å²) in [5, 5.41) is 9.02.